The molecule has 1 aromatic heterocycles. The molecule has 0 unspecified atom stereocenters. The Bertz CT molecular complexity index is 538. The highest BCUT2D eigenvalue weighted by molar-refractivity contribution is 7.09. The van der Waals surface area contributed by atoms with Crippen LogP contribution in [0.1, 0.15) is 20.8 Å². The number of thiazole rings is 1. The quantitative estimate of drug-likeness (QED) is 0.861. The van der Waals surface area contributed by atoms with Crippen molar-refractivity contribution in [2.45, 2.75) is 13.5 Å². The van der Waals surface area contributed by atoms with E-state index in [1.54, 1.807) is 16.8 Å². The fourth-order valence-corrected chi connectivity index (χ4v) is 2.14. The zero-order chi connectivity index (χ0) is 13.0. The number of ether oxygens (including phenoxy) is 1. The molecule has 2 aromatic rings. The third-order valence-corrected chi connectivity index (χ3v) is 3.30. The van der Waals surface area contributed by atoms with Crippen molar-refractivity contribution < 1.29 is 9.53 Å². The van der Waals surface area contributed by atoms with Crippen molar-refractivity contribution in [2.24, 2.45) is 0 Å². The van der Waals surface area contributed by atoms with Gasteiger partial charge in [-0.15, -0.1) is 11.3 Å². The number of hydrogen-bond acceptors (Lipinski definition) is 5. The molecule has 0 saturated carbocycles. The fraction of sp³-hybridized carbons (Fsp3) is 0.231. The Morgan fingerprint density at radius 1 is 1.50 bits per heavy atom. The summed E-state index contributed by atoms with van der Waals surface area (Å²) in [5, 5.41) is 3.23. The Kier molecular flexibility index (Phi) is 3.94. The SMILES string of the molecule is COC(=O)c1cc(C)ccc1NCc1cncs1. The number of benzene rings is 1. The van der Waals surface area contributed by atoms with Gasteiger partial charge in [0, 0.05) is 16.8 Å². The molecule has 0 spiro atoms. The summed E-state index contributed by atoms with van der Waals surface area (Å²) in [6.07, 6.45) is 1.81. The average Bonchev–Trinajstić information content (AvgIpc) is 2.89. The van der Waals surface area contributed by atoms with E-state index in [9.17, 15) is 4.79 Å². The second-order valence-electron chi connectivity index (χ2n) is 3.86. The van der Waals surface area contributed by atoms with E-state index in [1.165, 1.54) is 7.11 Å². The number of nitrogens with one attached hydrogen (secondary N) is 1. The molecule has 0 radical (unpaired) electrons. The van der Waals surface area contributed by atoms with Crippen molar-refractivity contribution in [2.75, 3.05) is 12.4 Å². The zero-order valence-electron chi connectivity index (χ0n) is 10.3. The molecule has 5 heteroatoms. The molecular weight excluding hydrogens is 248 g/mol. The molecule has 0 aliphatic heterocycles. The van der Waals surface area contributed by atoms with Crippen LogP contribution in [0, 0.1) is 6.92 Å². The summed E-state index contributed by atoms with van der Waals surface area (Å²) in [6, 6.07) is 5.67. The fourth-order valence-electron chi connectivity index (χ4n) is 1.60. The Labute approximate surface area is 110 Å². The van der Waals surface area contributed by atoms with Gasteiger partial charge in [-0.2, -0.15) is 0 Å². The third kappa shape index (κ3) is 2.87. The van der Waals surface area contributed by atoms with Gasteiger partial charge in [-0.05, 0) is 19.1 Å². The minimum absolute atomic E-state index is 0.328. The summed E-state index contributed by atoms with van der Waals surface area (Å²) in [4.78, 5) is 16.8. The Hall–Kier alpha value is -1.88. The van der Waals surface area contributed by atoms with E-state index in [4.69, 9.17) is 4.74 Å². The van der Waals surface area contributed by atoms with Crippen LogP contribution in [0.2, 0.25) is 0 Å². The Morgan fingerprint density at radius 3 is 3.00 bits per heavy atom. The predicted molar refractivity (Wildman–Crippen MR) is 72.0 cm³/mol. The van der Waals surface area contributed by atoms with Gasteiger partial charge in [0.25, 0.3) is 0 Å². The molecule has 2 rings (SSSR count). The number of aryl methyl sites for hydroxylation is 1. The Morgan fingerprint density at radius 2 is 2.33 bits per heavy atom. The number of hydrogen-bond donors (Lipinski definition) is 1. The number of carbonyl (C=O) groups excluding carboxylic acids is 1. The topological polar surface area (TPSA) is 51.2 Å². The van der Waals surface area contributed by atoms with E-state index in [-0.39, 0.29) is 5.97 Å². The molecule has 94 valence electrons. The molecule has 0 fully saturated rings. The first-order valence-corrected chi connectivity index (χ1v) is 6.39. The molecule has 0 aliphatic carbocycles. The molecule has 1 N–H and O–H groups in total. The monoisotopic (exact) mass is 262 g/mol. The van der Waals surface area contributed by atoms with E-state index in [0.29, 0.717) is 12.1 Å². The van der Waals surface area contributed by atoms with Gasteiger partial charge in [0.15, 0.2) is 0 Å². The van der Waals surface area contributed by atoms with Gasteiger partial charge >= 0.3 is 5.97 Å². The summed E-state index contributed by atoms with van der Waals surface area (Å²) in [5.74, 6) is -0.328. The maximum absolute atomic E-state index is 11.7. The first kappa shape index (κ1) is 12.6. The smallest absolute Gasteiger partial charge is 0.339 e. The van der Waals surface area contributed by atoms with Crippen LogP contribution in [0.5, 0.6) is 0 Å². The average molecular weight is 262 g/mol. The molecule has 0 saturated heterocycles. The predicted octanol–water partition coefficient (Wildman–Crippen LogP) is 2.85. The highest BCUT2D eigenvalue weighted by Crippen LogP contribution is 2.19. The molecule has 0 amide bonds. The second-order valence-corrected chi connectivity index (χ2v) is 4.83. The lowest BCUT2D eigenvalue weighted by atomic mass is 10.1. The van der Waals surface area contributed by atoms with Gasteiger partial charge in [0.1, 0.15) is 0 Å². The van der Waals surface area contributed by atoms with Gasteiger partial charge in [-0.25, -0.2) is 4.79 Å². The highest BCUT2D eigenvalue weighted by Gasteiger charge is 2.11. The lowest BCUT2D eigenvalue weighted by molar-refractivity contribution is 0.0601. The summed E-state index contributed by atoms with van der Waals surface area (Å²) >= 11 is 1.58. The van der Waals surface area contributed by atoms with Crippen LogP contribution in [0.4, 0.5) is 5.69 Å². The summed E-state index contributed by atoms with van der Waals surface area (Å²) < 4.78 is 4.78. The van der Waals surface area contributed by atoms with Crippen molar-refractivity contribution >= 4 is 23.0 Å². The van der Waals surface area contributed by atoms with Crippen LogP contribution >= 0.6 is 11.3 Å². The van der Waals surface area contributed by atoms with Crippen molar-refractivity contribution in [3.63, 3.8) is 0 Å². The van der Waals surface area contributed by atoms with Gasteiger partial charge in [0.2, 0.25) is 0 Å². The minimum Gasteiger partial charge on any atom is -0.465 e. The van der Waals surface area contributed by atoms with Crippen molar-refractivity contribution in [3.8, 4) is 0 Å². The van der Waals surface area contributed by atoms with E-state index in [2.05, 4.69) is 10.3 Å². The van der Waals surface area contributed by atoms with Gasteiger partial charge < -0.3 is 10.1 Å². The number of rotatable bonds is 4. The van der Waals surface area contributed by atoms with Crippen molar-refractivity contribution in [3.05, 3.63) is 45.9 Å². The van der Waals surface area contributed by atoms with Gasteiger partial charge in [0.05, 0.1) is 24.7 Å². The highest BCUT2D eigenvalue weighted by atomic mass is 32.1. The van der Waals surface area contributed by atoms with E-state index < -0.39 is 0 Å². The zero-order valence-corrected chi connectivity index (χ0v) is 11.1. The maximum Gasteiger partial charge on any atom is 0.339 e. The van der Waals surface area contributed by atoms with E-state index in [1.807, 2.05) is 31.3 Å². The van der Waals surface area contributed by atoms with Crippen LogP contribution in [-0.2, 0) is 11.3 Å². The molecular formula is C13H14N2O2S. The van der Waals surface area contributed by atoms with Crippen LogP contribution in [-0.4, -0.2) is 18.1 Å². The number of carbonyl (C=O) groups is 1. The third-order valence-electron chi connectivity index (χ3n) is 2.52. The molecule has 0 aliphatic rings. The number of methoxy groups -OCH3 is 1. The lowest BCUT2D eigenvalue weighted by Gasteiger charge is -2.10. The van der Waals surface area contributed by atoms with Crippen LogP contribution in [0.3, 0.4) is 0 Å². The van der Waals surface area contributed by atoms with Gasteiger partial charge in [-0.1, -0.05) is 11.6 Å². The summed E-state index contributed by atoms with van der Waals surface area (Å²) in [7, 11) is 1.39. The molecule has 1 heterocycles. The Balaban J connectivity index is 2.18. The second kappa shape index (κ2) is 5.64. The number of aromatic nitrogens is 1. The normalized spacial score (nSPS) is 10.1. The lowest BCUT2D eigenvalue weighted by Crippen LogP contribution is -2.08. The van der Waals surface area contributed by atoms with Crippen molar-refractivity contribution in [1.82, 2.24) is 4.98 Å². The minimum atomic E-state index is -0.328. The van der Waals surface area contributed by atoms with Gasteiger partial charge in [-0.3, -0.25) is 4.98 Å². The molecule has 1 aromatic carbocycles. The number of esters is 1. The van der Waals surface area contributed by atoms with E-state index >= 15 is 0 Å². The largest absolute Gasteiger partial charge is 0.465 e. The van der Waals surface area contributed by atoms with Crippen molar-refractivity contribution in [1.29, 1.82) is 0 Å². The molecule has 4 nitrogen and oxygen atoms in total. The molecule has 18 heavy (non-hydrogen) atoms. The summed E-state index contributed by atoms with van der Waals surface area (Å²) in [5.41, 5.74) is 4.15. The number of anilines is 1. The molecule has 0 bridgehead atoms. The maximum atomic E-state index is 11.7. The van der Waals surface area contributed by atoms with Crippen LogP contribution < -0.4 is 5.32 Å². The standard InChI is InChI=1S/C13H14N2O2S/c1-9-3-4-12(11(5-9)13(16)17-2)15-7-10-6-14-8-18-10/h3-6,8,15H,7H2,1-2H3. The number of nitrogens with zero attached hydrogens (tertiary/aromatic N) is 1. The van der Waals surface area contributed by atoms with Crippen LogP contribution in [0.25, 0.3) is 0 Å². The van der Waals surface area contributed by atoms with Crippen LogP contribution in [0.15, 0.2) is 29.9 Å². The first-order chi connectivity index (χ1) is 8.70. The first-order valence-electron chi connectivity index (χ1n) is 5.51. The van der Waals surface area contributed by atoms with E-state index in [0.717, 1.165) is 16.1 Å². The summed E-state index contributed by atoms with van der Waals surface area (Å²) in [6.45, 7) is 2.59. The molecule has 0 atom stereocenters.